The summed E-state index contributed by atoms with van der Waals surface area (Å²) in [5.74, 6) is 0.620. The molecule has 1 aromatic carbocycles. The number of amidine groups is 1. The number of piperidine rings is 1. The van der Waals surface area contributed by atoms with Crippen LogP contribution in [0.1, 0.15) is 25.3 Å². The van der Waals surface area contributed by atoms with Crippen molar-refractivity contribution in [3.05, 3.63) is 35.9 Å². The number of nitrogens with zero attached hydrogens (tertiary/aromatic N) is 1. The first kappa shape index (κ1) is 12.1. The number of benzene rings is 1. The zero-order chi connectivity index (χ0) is 12.1. The zero-order valence-electron chi connectivity index (χ0n) is 10.4. The highest BCUT2D eigenvalue weighted by molar-refractivity contribution is 5.96. The van der Waals surface area contributed by atoms with Crippen molar-refractivity contribution in [1.82, 2.24) is 4.90 Å². The summed E-state index contributed by atoms with van der Waals surface area (Å²) in [6.07, 6.45) is 2.52. The van der Waals surface area contributed by atoms with Crippen molar-refractivity contribution in [2.24, 2.45) is 0 Å². The highest BCUT2D eigenvalue weighted by Gasteiger charge is 2.22. The Morgan fingerprint density at radius 1 is 1.41 bits per heavy atom. The smallest absolute Gasteiger partial charge is 0.128 e. The third-order valence-electron chi connectivity index (χ3n) is 3.14. The molecule has 2 rings (SSSR count). The quantitative estimate of drug-likeness (QED) is 0.642. The molecule has 92 valence electrons. The first-order valence-electron chi connectivity index (χ1n) is 6.31. The molecule has 1 aromatic rings. The first-order valence-corrected chi connectivity index (χ1v) is 6.31. The third kappa shape index (κ3) is 3.07. The molecule has 1 fully saturated rings. The minimum Gasteiger partial charge on any atom is -0.377 e. The van der Waals surface area contributed by atoms with Gasteiger partial charge in [0.15, 0.2) is 0 Å². The molecule has 3 nitrogen and oxygen atoms in total. The molecule has 3 heteroatoms. The molecule has 0 saturated carbocycles. The second-order valence-electron chi connectivity index (χ2n) is 4.38. The van der Waals surface area contributed by atoms with Crippen LogP contribution in [-0.4, -0.2) is 36.5 Å². The maximum atomic E-state index is 8.22. The molecule has 0 radical (unpaired) electrons. The summed E-state index contributed by atoms with van der Waals surface area (Å²) in [5.41, 5.74) is 0.990. The van der Waals surface area contributed by atoms with Crippen LogP contribution in [-0.2, 0) is 4.74 Å². The van der Waals surface area contributed by atoms with E-state index in [-0.39, 0.29) is 6.10 Å². The topological polar surface area (TPSA) is 36.3 Å². The van der Waals surface area contributed by atoms with Gasteiger partial charge in [0, 0.05) is 25.3 Å². The van der Waals surface area contributed by atoms with Gasteiger partial charge in [-0.3, -0.25) is 5.41 Å². The summed E-state index contributed by atoms with van der Waals surface area (Å²) in [4.78, 5) is 2.12. The standard InChI is InChI=1S/C14H20N2O/c1-2-17-13-9-6-10-16(11-13)14(15)12-7-4-3-5-8-12/h3-5,7-8,13,15H,2,6,9-11H2,1H3. The van der Waals surface area contributed by atoms with Gasteiger partial charge in [0.2, 0.25) is 0 Å². The lowest BCUT2D eigenvalue weighted by Gasteiger charge is -2.34. The number of likely N-dealkylation sites (tertiary alicyclic amines) is 1. The summed E-state index contributed by atoms with van der Waals surface area (Å²) in [6, 6.07) is 9.93. The third-order valence-corrected chi connectivity index (χ3v) is 3.14. The lowest BCUT2D eigenvalue weighted by molar-refractivity contribution is 0.0235. The minimum absolute atomic E-state index is 0.290. The average Bonchev–Trinajstić information content (AvgIpc) is 2.40. The SMILES string of the molecule is CCOC1CCCN(C(=N)c2ccccc2)C1. The van der Waals surface area contributed by atoms with Gasteiger partial charge in [0.25, 0.3) is 0 Å². The monoisotopic (exact) mass is 232 g/mol. The van der Waals surface area contributed by atoms with Crippen LogP contribution in [0.25, 0.3) is 0 Å². The molecule has 1 N–H and O–H groups in total. The lowest BCUT2D eigenvalue weighted by Crippen LogP contribution is -2.43. The maximum absolute atomic E-state index is 8.22. The fraction of sp³-hybridized carbons (Fsp3) is 0.500. The van der Waals surface area contributed by atoms with E-state index in [0.29, 0.717) is 5.84 Å². The van der Waals surface area contributed by atoms with E-state index < -0.39 is 0 Å². The minimum atomic E-state index is 0.290. The Balaban J connectivity index is 2.00. The molecule has 1 atom stereocenters. The van der Waals surface area contributed by atoms with Crippen LogP contribution in [0.5, 0.6) is 0 Å². The summed E-state index contributed by atoms with van der Waals surface area (Å²) >= 11 is 0. The van der Waals surface area contributed by atoms with Gasteiger partial charge in [-0.15, -0.1) is 0 Å². The molecule has 0 aliphatic carbocycles. The molecule has 17 heavy (non-hydrogen) atoms. The van der Waals surface area contributed by atoms with Crippen LogP contribution in [0.4, 0.5) is 0 Å². The van der Waals surface area contributed by atoms with Gasteiger partial charge < -0.3 is 9.64 Å². The zero-order valence-corrected chi connectivity index (χ0v) is 10.4. The molecule has 0 amide bonds. The van der Waals surface area contributed by atoms with Crippen molar-refractivity contribution in [3.8, 4) is 0 Å². The summed E-state index contributed by atoms with van der Waals surface area (Å²) in [6.45, 7) is 4.61. The van der Waals surface area contributed by atoms with Crippen molar-refractivity contribution in [2.75, 3.05) is 19.7 Å². The molecule has 0 bridgehead atoms. The largest absolute Gasteiger partial charge is 0.377 e. The normalized spacial score (nSPS) is 20.3. The Labute approximate surface area is 103 Å². The number of hydrogen-bond donors (Lipinski definition) is 1. The van der Waals surface area contributed by atoms with Crippen molar-refractivity contribution in [3.63, 3.8) is 0 Å². The fourth-order valence-corrected chi connectivity index (χ4v) is 2.29. The van der Waals surface area contributed by atoms with Gasteiger partial charge in [0.05, 0.1) is 6.10 Å². The number of ether oxygens (including phenoxy) is 1. The van der Waals surface area contributed by atoms with Gasteiger partial charge in [-0.2, -0.15) is 0 Å². The molecule has 0 spiro atoms. The Morgan fingerprint density at radius 3 is 2.88 bits per heavy atom. The maximum Gasteiger partial charge on any atom is 0.128 e. The molecule has 1 unspecified atom stereocenters. The van der Waals surface area contributed by atoms with E-state index in [1.54, 1.807) is 0 Å². The highest BCUT2D eigenvalue weighted by atomic mass is 16.5. The molecule has 1 aliphatic heterocycles. The van der Waals surface area contributed by atoms with Crippen molar-refractivity contribution in [1.29, 1.82) is 5.41 Å². The van der Waals surface area contributed by atoms with Crippen LogP contribution in [0.15, 0.2) is 30.3 Å². The van der Waals surface area contributed by atoms with Gasteiger partial charge in [-0.1, -0.05) is 30.3 Å². The second-order valence-corrected chi connectivity index (χ2v) is 4.38. The summed E-state index contributed by atoms with van der Waals surface area (Å²) < 4.78 is 5.66. The van der Waals surface area contributed by atoms with Crippen molar-refractivity contribution < 1.29 is 4.74 Å². The van der Waals surface area contributed by atoms with Crippen LogP contribution in [0.2, 0.25) is 0 Å². The van der Waals surface area contributed by atoms with Gasteiger partial charge in [-0.25, -0.2) is 0 Å². The van der Waals surface area contributed by atoms with Crippen LogP contribution in [0.3, 0.4) is 0 Å². The van der Waals surface area contributed by atoms with E-state index in [1.807, 2.05) is 37.3 Å². The predicted octanol–water partition coefficient (Wildman–Crippen LogP) is 2.51. The number of rotatable bonds is 3. The first-order chi connectivity index (χ1) is 8.31. The van der Waals surface area contributed by atoms with E-state index >= 15 is 0 Å². The molecule has 1 heterocycles. The van der Waals surface area contributed by atoms with E-state index in [4.69, 9.17) is 10.1 Å². The number of nitrogens with one attached hydrogen (secondary N) is 1. The number of hydrogen-bond acceptors (Lipinski definition) is 2. The second kappa shape index (κ2) is 5.82. The molecule has 0 aromatic heterocycles. The van der Waals surface area contributed by atoms with Gasteiger partial charge in [0.1, 0.15) is 5.84 Å². The predicted molar refractivity (Wildman–Crippen MR) is 69.5 cm³/mol. The molecular formula is C14H20N2O. The van der Waals surface area contributed by atoms with Gasteiger partial charge >= 0.3 is 0 Å². The Bertz CT molecular complexity index is 362. The fourth-order valence-electron chi connectivity index (χ4n) is 2.29. The van der Waals surface area contributed by atoms with E-state index in [2.05, 4.69) is 4.90 Å². The molecular weight excluding hydrogens is 212 g/mol. The Hall–Kier alpha value is -1.35. The molecule has 1 saturated heterocycles. The summed E-state index contributed by atoms with van der Waals surface area (Å²) in [7, 11) is 0. The van der Waals surface area contributed by atoms with Gasteiger partial charge in [-0.05, 0) is 19.8 Å². The van der Waals surface area contributed by atoms with Crippen LogP contribution in [0, 0.1) is 5.41 Å². The van der Waals surface area contributed by atoms with Crippen LogP contribution >= 0.6 is 0 Å². The van der Waals surface area contributed by atoms with E-state index in [9.17, 15) is 0 Å². The highest BCUT2D eigenvalue weighted by Crippen LogP contribution is 2.15. The lowest BCUT2D eigenvalue weighted by atomic mass is 10.1. The Morgan fingerprint density at radius 2 is 2.18 bits per heavy atom. The van der Waals surface area contributed by atoms with Crippen molar-refractivity contribution in [2.45, 2.75) is 25.9 Å². The Kier molecular flexibility index (Phi) is 4.15. The van der Waals surface area contributed by atoms with Crippen LogP contribution < -0.4 is 0 Å². The molecule has 1 aliphatic rings. The average molecular weight is 232 g/mol. The van der Waals surface area contributed by atoms with E-state index in [1.165, 1.54) is 0 Å². The van der Waals surface area contributed by atoms with E-state index in [0.717, 1.165) is 38.1 Å². The van der Waals surface area contributed by atoms with Crippen molar-refractivity contribution >= 4 is 5.84 Å². The summed E-state index contributed by atoms with van der Waals surface area (Å²) in [5, 5.41) is 8.22.